The Kier molecular flexibility index (Phi) is 5.06. The van der Waals surface area contributed by atoms with Gasteiger partial charge in [-0.1, -0.05) is 20.8 Å². The largest absolute Gasteiger partial charge is 0.494 e. The van der Waals surface area contributed by atoms with Crippen LogP contribution in [0.15, 0.2) is 24.3 Å². The van der Waals surface area contributed by atoms with E-state index in [4.69, 9.17) is 4.74 Å². The van der Waals surface area contributed by atoms with Gasteiger partial charge in [-0.25, -0.2) is 0 Å². The van der Waals surface area contributed by atoms with Gasteiger partial charge in [0.25, 0.3) is 0 Å². The molecule has 0 radical (unpaired) electrons. The Morgan fingerprint density at radius 1 is 1.25 bits per heavy atom. The van der Waals surface area contributed by atoms with E-state index in [0.29, 0.717) is 12.6 Å². The van der Waals surface area contributed by atoms with Crippen LogP contribution in [0.4, 0.5) is 0 Å². The van der Waals surface area contributed by atoms with E-state index in [1.54, 1.807) is 4.68 Å². The van der Waals surface area contributed by atoms with Crippen LogP contribution in [0, 0.1) is 0 Å². The van der Waals surface area contributed by atoms with Crippen molar-refractivity contribution < 1.29 is 4.74 Å². The molecular formula is C14H21N5O. The van der Waals surface area contributed by atoms with Crippen molar-refractivity contribution in [2.75, 3.05) is 6.61 Å². The van der Waals surface area contributed by atoms with Crippen molar-refractivity contribution in [3.05, 3.63) is 30.1 Å². The number of hydrogen-bond donors (Lipinski definition) is 1. The second-order valence-corrected chi connectivity index (χ2v) is 4.88. The van der Waals surface area contributed by atoms with Crippen LogP contribution in [0.5, 0.6) is 5.75 Å². The molecule has 0 amide bonds. The summed E-state index contributed by atoms with van der Waals surface area (Å²) in [6, 6.07) is 8.18. The molecule has 20 heavy (non-hydrogen) atoms. The molecule has 2 aromatic rings. The topological polar surface area (TPSA) is 64.9 Å². The first-order chi connectivity index (χ1) is 9.70. The molecule has 108 valence electrons. The van der Waals surface area contributed by atoms with Gasteiger partial charge >= 0.3 is 0 Å². The van der Waals surface area contributed by atoms with E-state index in [-0.39, 0.29) is 0 Å². The quantitative estimate of drug-likeness (QED) is 0.836. The molecule has 1 heterocycles. The minimum Gasteiger partial charge on any atom is -0.494 e. The molecule has 0 unspecified atom stereocenters. The maximum Gasteiger partial charge on any atom is 0.170 e. The lowest BCUT2D eigenvalue weighted by Gasteiger charge is -2.09. The van der Waals surface area contributed by atoms with Crippen LogP contribution in [0.1, 0.15) is 33.0 Å². The van der Waals surface area contributed by atoms with Crippen molar-refractivity contribution in [3.8, 4) is 11.4 Å². The molecule has 1 aromatic heterocycles. The summed E-state index contributed by atoms with van der Waals surface area (Å²) in [4.78, 5) is 0. The number of benzene rings is 1. The van der Waals surface area contributed by atoms with E-state index in [1.807, 2.05) is 24.3 Å². The zero-order valence-electron chi connectivity index (χ0n) is 12.2. The summed E-state index contributed by atoms with van der Waals surface area (Å²) in [6.07, 6.45) is 1.000. The molecule has 2 rings (SSSR count). The molecule has 0 saturated heterocycles. The zero-order chi connectivity index (χ0) is 14.4. The Bertz CT molecular complexity index is 521. The molecule has 0 aliphatic rings. The van der Waals surface area contributed by atoms with Gasteiger partial charge in [-0.2, -0.15) is 4.68 Å². The van der Waals surface area contributed by atoms with E-state index < -0.39 is 0 Å². The second kappa shape index (κ2) is 7.00. The van der Waals surface area contributed by atoms with Crippen LogP contribution < -0.4 is 10.1 Å². The third-order valence-corrected chi connectivity index (χ3v) is 2.76. The van der Waals surface area contributed by atoms with Crippen LogP contribution in [0.3, 0.4) is 0 Å². The minimum absolute atomic E-state index is 0.393. The van der Waals surface area contributed by atoms with Crippen molar-refractivity contribution in [1.29, 1.82) is 0 Å². The Morgan fingerprint density at radius 3 is 2.65 bits per heavy atom. The Morgan fingerprint density at radius 2 is 2.00 bits per heavy atom. The van der Waals surface area contributed by atoms with E-state index >= 15 is 0 Å². The summed E-state index contributed by atoms with van der Waals surface area (Å²) in [5, 5.41) is 15.1. The standard InChI is InChI=1S/C14H21N5O/c1-4-9-20-13-7-5-12(6-8-13)19-14(16-17-18-19)10-15-11(2)3/h5-8,11,15H,4,9-10H2,1-3H3. The first-order valence-electron chi connectivity index (χ1n) is 6.94. The first-order valence-corrected chi connectivity index (χ1v) is 6.94. The van der Waals surface area contributed by atoms with Crippen LogP contribution >= 0.6 is 0 Å². The predicted octanol–water partition coefficient (Wildman–Crippen LogP) is 1.95. The molecule has 6 nitrogen and oxygen atoms in total. The second-order valence-electron chi connectivity index (χ2n) is 4.88. The van der Waals surface area contributed by atoms with Gasteiger partial charge in [-0.15, -0.1) is 5.10 Å². The average molecular weight is 275 g/mol. The highest BCUT2D eigenvalue weighted by molar-refractivity contribution is 5.37. The fourth-order valence-electron chi connectivity index (χ4n) is 1.72. The summed E-state index contributed by atoms with van der Waals surface area (Å²) in [7, 11) is 0. The molecular weight excluding hydrogens is 254 g/mol. The molecule has 0 fully saturated rings. The highest BCUT2D eigenvalue weighted by atomic mass is 16.5. The van der Waals surface area contributed by atoms with Gasteiger partial charge in [0.1, 0.15) is 5.75 Å². The first kappa shape index (κ1) is 14.5. The van der Waals surface area contributed by atoms with E-state index in [0.717, 1.165) is 30.3 Å². The lowest BCUT2D eigenvalue weighted by atomic mass is 10.3. The third kappa shape index (κ3) is 3.77. The van der Waals surface area contributed by atoms with Gasteiger partial charge in [0.15, 0.2) is 5.82 Å². The fraction of sp³-hybridized carbons (Fsp3) is 0.500. The third-order valence-electron chi connectivity index (χ3n) is 2.76. The highest BCUT2D eigenvalue weighted by Crippen LogP contribution is 2.15. The summed E-state index contributed by atoms with van der Waals surface area (Å²) in [5.74, 6) is 1.66. The van der Waals surface area contributed by atoms with Crippen molar-refractivity contribution in [2.45, 2.75) is 39.8 Å². The lowest BCUT2D eigenvalue weighted by molar-refractivity contribution is 0.317. The average Bonchev–Trinajstić information content (AvgIpc) is 2.92. The van der Waals surface area contributed by atoms with Gasteiger partial charge in [0.2, 0.25) is 0 Å². The molecule has 0 atom stereocenters. The van der Waals surface area contributed by atoms with E-state index in [2.05, 4.69) is 41.6 Å². The summed E-state index contributed by atoms with van der Waals surface area (Å²) in [5.41, 5.74) is 0.930. The molecule has 0 saturated carbocycles. The number of nitrogens with zero attached hydrogens (tertiary/aromatic N) is 4. The predicted molar refractivity (Wildman–Crippen MR) is 76.9 cm³/mol. The Balaban J connectivity index is 2.09. The van der Waals surface area contributed by atoms with Gasteiger partial charge < -0.3 is 10.1 Å². The Labute approximate surface area is 119 Å². The summed E-state index contributed by atoms with van der Waals surface area (Å²) >= 11 is 0. The number of rotatable bonds is 7. The van der Waals surface area contributed by atoms with E-state index in [1.165, 1.54) is 0 Å². The summed E-state index contributed by atoms with van der Waals surface area (Å²) in [6.45, 7) is 7.64. The SMILES string of the molecule is CCCOc1ccc(-n2nnnc2CNC(C)C)cc1. The van der Waals surface area contributed by atoms with Gasteiger partial charge in [0, 0.05) is 6.04 Å². The monoisotopic (exact) mass is 275 g/mol. The van der Waals surface area contributed by atoms with Gasteiger partial charge in [-0.05, 0) is 41.1 Å². The van der Waals surface area contributed by atoms with Crippen molar-refractivity contribution in [2.24, 2.45) is 0 Å². The molecule has 6 heteroatoms. The lowest BCUT2D eigenvalue weighted by Crippen LogP contribution is -2.24. The number of nitrogens with one attached hydrogen (secondary N) is 1. The number of aromatic nitrogens is 4. The Hall–Kier alpha value is -1.95. The van der Waals surface area contributed by atoms with Crippen LogP contribution in [-0.4, -0.2) is 32.9 Å². The smallest absolute Gasteiger partial charge is 0.170 e. The number of tetrazole rings is 1. The number of hydrogen-bond acceptors (Lipinski definition) is 5. The molecule has 1 aromatic carbocycles. The molecule has 0 spiro atoms. The van der Waals surface area contributed by atoms with Crippen molar-refractivity contribution in [1.82, 2.24) is 25.5 Å². The van der Waals surface area contributed by atoms with Gasteiger partial charge in [-0.3, -0.25) is 0 Å². The summed E-state index contributed by atoms with van der Waals surface area (Å²) < 4.78 is 7.30. The maximum absolute atomic E-state index is 5.56. The van der Waals surface area contributed by atoms with Crippen LogP contribution in [-0.2, 0) is 6.54 Å². The maximum atomic E-state index is 5.56. The van der Waals surface area contributed by atoms with E-state index in [9.17, 15) is 0 Å². The van der Waals surface area contributed by atoms with Crippen LogP contribution in [0.2, 0.25) is 0 Å². The van der Waals surface area contributed by atoms with Crippen molar-refractivity contribution >= 4 is 0 Å². The zero-order valence-corrected chi connectivity index (χ0v) is 12.2. The molecule has 1 N–H and O–H groups in total. The highest BCUT2D eigenvalue weighted by Gasteiger charge is 2.08. The molecule has 0 aliphatic carbocycles. The number of ether oxygens (including phenoxy) is 1. The van der Waals surface area contributed by atoms with Crippen molar-refractivity contribution in [3.63, 3.8) is 0 Å². The normalized spacial score (nSPS) is 11.0. The molecule has 0 bridgehead atoms. The van der Waals surface area contributed by atoms with Gasteiger partial charge in [0.05, 0.1) is 18.8 Å². The fourth-order valence-corrected chi connectivity index (χ4v) is 1.72. The molecule has 0 aliphatic heterocycles. The minimum atomic E-state index is 0.393. The van der Waals surface area contributed by atoms with Crippen LogP contribution in [0.25, 0.3) is 5.69 Å².